The molecule has 0 spiro atoms. The number of hydrogen-bond acceptors (Lipinski definition) is 4. The van der Waals surface area contributed by atoms with Crippen LogP contribution in [0.4, 0.5) is 5.69 Å². The highest BCUT2D eigenvalue weighted by atomic mass is 32.2. The molecule has 1 aromatic carbocycles. The lowest BCUT2D eigenvalue weighted by Gasteiger charge is -2.33. The Hall–Kier alpha value is -2.28. The lowest BCUT2D eigenvalue weighted by molar-refractivity contribution is -0.133. The summed E-state index contributed by atoms with van der Waals surface area (Å²) in [6.07, 6.45) is 1.27. The third-order valence-corrected chi connectivity index (χ3v) is 5.21. The summed E-state index contributed by atoms with van der Waals surface area (Å²) in [5.41, 5.74) is 2.65. The topological polar surface area (TPSA) is 67.2 Å². The van der Waals surface area contributed by atoms with Gasteiger partial charge in [-0.2, -0.15) is 16.9 Å². The first kappa shape index (κ1) is 16.6. The maximum absolute atomic E-state index is 12.7. The molecular weight excluding hydrogens is 324 g/mol. The molecule has 6 nitrogen and oxygen atoms in total. The quantitative estimate of drug-likeness (QED) is 0.864. The van der Waals surface area contributed by atoms with E-state index in [9.17, 15) is 9.59 Å². The van der Waals surface area contributed by atoms with Crippen LogP contribution < -0.4 is 5.32 Å². The van der Waals surface area contributed by atoms with Crippen molar-refractivity contribution in [3.63, 3.8) is 0 Å². The van der Waals surface area contributed by atoms with Crippen LogP contribution in [0.2, 0.25) is 0 Å². The van der Waals surface area contributed by atoms with Crippen LogP contribution in [0, 0.1) is 6.92 Å². The summed E-state index contributed by atoms with van der Waals surface area (Å²) in [7, 11) is 1.89. The van der Waals surface area contributed by atoms with Crippen LogP contribution in [0.1, 0.15) is 5.69 Å². The predicted octanol–water partition coefficient (Wildman–Crippen LogP) is 1.95. The molecule has 2 amide bonds. The first-order chi connectivity index (χ1) is 11.5. The number of nitrogens with one attached hydrogen (secondary N) is 1. The number of rotatable bonds is 3. The molecule has 1 atom stereocenters. The summed E-state index contributed by atoms with van der Waals surface area (Å²) < 4.78 is 1.82. The SMILES string of the molecule is C=CC(=O)N1CCSCC1C(=O)Nc1ccc2c(c1)c(C)nn2C. The fourth-order valence-electron chi connectivity index (χ4n) is 2.95. The van der Waals surface area contributed by atoms with Gasteiger partial charge in [-0.25, -0.2) is 0 Å². The molecule has 126 valence electrons. The van der Waals surface area contributed by atoms with Gasteiger partial charge in [-0.1, -0.05) is 6.58 Å². The number of aryl methyl sites for hydroxylation is 2. The number of carbonyl (C=O) groups excluding carboxylic acids is 2. The predicted molar refractivity (Wildman–Crippen MR) is 97.1 cm³/mol. The van der Waals surface area contributed by atoms with Crippen molar-refractivity contribution in [2.75, 3.05) is 23.4 Å². The normalized spacial score (nSPS) is 17.8. The fraction of sp³-hybridized carbons (Fsp3) is 0.353. The van der Waals surface area contributed by atoms with Crippen molar-refractivity contribution in [1.82, 2.24) is 14.7 Å². The zero-order chi connectivity index (χ0) is 17.3. The summed E-state index contributed by atoms with van der Waals surface area (Å²) >= 11 is 1.68. The molecule has 0 saturated carbocycles. The zero-order valence-corrected chi connectivity index (χ0v) is 14.6. The Labute approximate surface area is 144 Å². The van der Waals surface area contributed by atoms with Gasteiger partial charge in [-0.05, 0) is 31.2 Å². The number of hydrogen-bond donors (Lipinski definition) is 1. The van der Waals surface area contributed by atoms with Gasteiger partial charge < -0.3 is 10.2 Å². The van der Waals surface area contributed by atoms with Crippen molar-refractivity contribution in [3.8, 4) is 0 Å². The van der Waals surface area contributed by atoms with E-state index in [1.165, 1.54) is 6.08 Å². The standard InChI is InChI=1S/C17H20N4O2S/c1-4-16(22)21-7-8-24-10-15(21)17(23)18-12-5-6-14-13(9-12)11(2)19-20(14)3/h4-6,9,15H,1,7-8,10H2,2-3H3,(H,18,23). The Kier molecular flexibility index (Phi) is 4.62. The third kappa shape index (κ3) is 3.03. The number of carbonyl (C=O) groups is 2. The van der Waals surface area contributed by atoms with Gasteiger partial charge in [-0.3, -0.25) is 14.3 Å². The monoisotopic (exact) mass is 344 g/mol. The summed E-state index contributed by atoms with van der Waals surface area (Å²) in [6, 6.07) is 5.25. The third-order valence-electron chi connectivity index (χ3n) is 4.19. The Morgan fingerprint density at radius 2 is 2.25 bits per heavy atom. The molecule has 3 rings (SSSR count). The number of fused-ring (bicyclic) bond motifs is 1. The fourth-order valence-corrected chi connectivity index (χ4v) is 3.99. The molecule has 1 aromatic heterocycles. The molecule has 1 aliphatic rings. The van der Waals surface area contributed by atoms with Crippen LogP contribution in [0.5, 0.6) is 0 Å². The molecule has 0 bridgehead atoms. The number of thioether (sulfide) groups is 1. The van der Waals surface area contributed by atoms with E-state index in [4.69, 9.17) is 0 Å². The largest absolute Gasteiger partial charge is 0.325 e. The smallest absolute Gasteiger partial charge is 0.248 e. The maximum Gasteiger partial charge on any atom is 0.248 e. The van der Waals surface area contributed by atoms with Crippen molar-refractivity contribution < 1.29 is 9.59 Å². The molecule has 1 N–H and O–H groups in total. The van der Waals surface area contributed by atoms with Crippen molar-refractivity contribution in [1.29, 1.82) is 0 Å². The lowest BCUT2D eigenvalue weighted by Crippen LogP contribution is -2.51. The molecule has 1 fully saturated rings. The van der Waals surface area contributed by atoms with E-state index in [-0.39, 0.29) is 11.8 Å². The van der Waals surface area contributed by atoms with Crippen molar-refractivity contribution in [2.45, 2.75) is 13.0 Å². The highest BCUT2D eigenvalue weighted by Crippen LogP contribution is 2.23. The second kappa shape index (κ2) is 6.68. The minimum atomic E-state index is -0.472. The molecule has 24 heavy (non-hydrogen) atoms. The minimum Gasteiger partial charge on any atom is -0.325 e. The Bertz CT molecular complexity index is 814. The molecule has 1 unspecified atom stereocenters. The van der Waals surface area contributed by atoms with Gasteiger partial charge in [0.15, 0.2) is 0 Å². The molecule has 7 heteroatoms. The zero-order valence-electron chi connectivity index (χ0n) is 13.8. The Morgan fingerprint density at radius 3 is 3.00 bits per heavy atom. The first-order valence-electron chi connectivity index (χ1n) is 7.76. The maximum atomic E-state index is 12.7. The Morgan fingerprint density at radius 1 is 1.46 bits per heavy atom. The van der Waals surface area contributed by atoms with Crippen LogP contribution in [0.25, 0.3) is 10.9 Å². The van der Waals surface area contributed by atoms with E-state index in [0.717, 1.165) is 22.3 Å². The minimum absolute atomic E-state index is 0.168. The highest BCUT2D eigenvalue weighted by molar-refractivity contribution is 7.99. The number of aromatic nitrogens is 2. The van der Waals surface area contributed by atoms with Crippen molar-refractivity contribution in [3.05, 3.63) is 36.5 Å². The van der Waals surface area contributed by atoms with Gasteiger partial charge in [0.05, 0.1) is 11.2 Å². The molecular formula is C17H20N4O2S. The number of benzene rings is 1. The van der Waals surface area contributed by atoms with E-state index >= 15 is 0 Å². The Balaban J connectivity index is 1.81. The van der Waals surface area contributed by atoms with Crippen LogP contribution in [0.15, 0.2) is 30.9 Å². The average Bonchev–Trinajstić information content (AvgIpc) is 2.88. The molecule has 1 saturated heterocycles. The molecule has 0 radical (unpaired) electrons. The first-order valence-corrected chi connectivity index (χ1v) is 8.91. The summed E-state index contributed by atoms with van der Waals surface area (Å²) in [5.74, 6) is 1.07. The number of anilines is 1. The molecule has 0 aliphatic carbocycles. The van der Waals surface area contributed by atoms with Crippen LogP contribution in [0.3, 0.4) is 0 Å². The van der Waals surface area contributed by atoms with Crippen molar-refractivity contribution in [2.24, 2.45) is 7.05 Å². The van der Waals surface area contributed by atoms with Gasteiger partial charge in [-0.15, -0.1) is 0 Å². The summed E-state index contributed by atoms with van der Waals surface area (Å²) in [4.78, 5) is 26.2. The van der Waals surface area contributed by atoms with E-state index in [2.05, 4.69) is 17.0 Å². The van der Waals surface area contributed by atoms with E-state index in [0.29, 0.717) is 18.0 Å². The van der Waals surface area contributed by atoms with E-state index in [1.807, 2.05) is 36.9 Å². The van der Waals surface area contributed by atoms with E-state index in [1.54, 1.807) is 16.7 Å². The second-order valence-corrected chi connectivity index (χ2v) is 6.91. The van der Waals surface area contributed by atoms with Gasteiger partial charge in [0.25, 0.3) is 0 Å². The van der Waals surface area contributed by atoms with E-state index < -0.39 is 6.04 Å². The molecule has 1 aliphatic heterocycles. The van der Waals surface area contributed by atoms with Crippen LogP contribution >= 0.6 is 11.8 Å². The van der Waals surface area contributed by atoms with Crippen LogP contribution in [-0.4, -0.2) is 50.6 Å². The molecule has 2 aromatic rings. The van der Waals surface area contributed by atoms with Crippen molar-refractivity contribution >= 4 is 40.2 Å². The number of amides is 2. The average molecular weight is 344 g/mol. The van der Waals surface area contributed by atoms with Gasteiger partial charge >= 0.3 is 0 Å². The summed E-state index contributed by atoms with van der Waals surface area (Å²) in [5, 5.41) is 8.32. The summed E-state index contributed by atoms with van der Waals surface area (Å²) in [6.45, 7) is 6.03. The molecule has 2 heterocycles. The highest BCUT2D eigenvalue weighted by Gasteiger charge is 2.31. The lowest BCUT2D eigenvalue weighted by atomic mass is 10.2. The number of nitrogens with zero attached hydrogens (tertiary/aromatic N) is 3. The van der Waals surface area contributed by atoms with Gasteiger partial charge in [0, 0.05) is 36.2 Å². The van der Waals surface area contributed by atoms with Gasteiger partial charge in [0.1, 0.15) is 6.04 Å². The van der Waals surface area contributed by atoms with Gasteiger partial charge in [0.2, 0.25) is 11.8 Å². The van der Waals surface area contributed by atoms with Crippen LogP contribution in [-0.2, 0) is 16.6 Å². The second-order valence-electron chi connectivity index (χ2n) is 5.76.